The Morgan fingerprint density at radius 1 is 1.38 bits per heavy atom. The molecule has 1 aliphatic heterocycles. The summed E-state index contributed by atoms with van der Waals surface area (Å²) in [4.78, 5) is 0. The fourth-order valence-electron chi connectivity index (χ4n) is 2.27. The Morgan fingerprint density at radius 2 is 2.12 bits per heavy atom. The minimum atomic E-state index is 0.755. The van der Waals surface area contributed by atoms with Crippen molar-refractivity contribution in [3.63, 3.8) is 0 Å². The van der Waals surface area contributed by atoms with Gasteiger partial charge in [-0.05, 0) is 49.9 Å². The first-order valence-electron chi connectivity index (χ1n) is 5.83. The van der Waals surface area contributed by atoms with Crippen LogP contribution in [0.4, 0.5) is 0 Å². The van der Waals surface area contributed by atoms with Crippen LogP contribution in [0.25, 0.3) is 0 Å². The van der Waals surface area contributed by atoms with Crippen LogP contribution in [0.3, 0.4) is 0 Å². The lowest BCUT2D eigenvalue weighted by molar-refractivity contribution is 0.371. The number of nitrogens with one attached hydrogen (secondary N) is 1. The molecule has 88 valence electrons. The van der Waals surface area contributed by atoms with Gasteiger partial charge in [-0.3, -0.25) is 0 Å². The van der Waals surface area contributed by atoms with Crippen LogP contribution in [0, 0.1) is 5.92 Å². The molecule has 1 aromatic carbocycles. The predicted octanol–water partition coefficient (Wildman–Crippen LogP) is 2.89. The number of methoxy groups -OCH3 is 1. The first kappa shape index (κ1) is 11.7. The van der Waals surface area contributed by atoms with E-state index in [-0.39, 0.29) is 0 Å². The van der Waals surface area contributed by atoms with Crippen molar-refractivity contribution in [2.24, 2.45) is 5.92 Å². The molecule has 0 aromatic heterocycles. The fourth-order valence-corrected chi connectivity index (χ4v) is 2.55. The monoisotopic (exact) mass is 239 g/mol. The Bertz CT molecular complexity index is 348. The van der Waals surface area contributed by atoms with Gasteiger partial charge in [0.1, 0.15) is 5.75 Å². The molecule has 2 nitrogen and oxygen atoms in total. The molecule has 16 heavy (non-hydrogen) atoms. The molecular weight excluding hydrogens is 222 g/mol. The molecule has 2 rings (SSSR count). The molecule has 1 heterocycles. The van der Waals surface area contributed by atoms with Crippen molar-refractivity contribution in [2.45, 2.75) is 19.3 Å². The zero-order valence-electron chi connectivity index (χ0n) is 9.63. The van der Waals surface area contributed by atoms with Gasteiger partial charge in [0.2, 0.25) is 0 Å². The van der Waals surface area contributed by atoms with Gasteiger partial charge in [-0.25, -0.2) is 0 Å². The number of rotatable bonds is 3. The highest BCUT2D eigenvalue weighted by atomic mass is 35.5. The quantitative estimate of drug-likeness (QED) is 0.876. The molecule has 1 N–H and O–H groups in total. The first-order valence-corrected chi connectivity index (χ1v) is 6.21. The summed E-state index contributed by atoms with van der Waals surface area (Å²) in [5.74, 6) is 1.54. The molecule has 0 bridgehead atoms. The summed E-state index contributed by atoms with van der Waals surface area (Å²) < 4.78 is 5.23. The highest BCUT2D eigenvalue weighted by Crippen LogP contribution is 2.30. The third kappa shape index (κ3) is 2.69. The molecule has 1 fully saturated rings. The number of ether oxygens (including phenoxy) is 1. The second-order valence-corrected chi connectivity index (χ2v) is 4.71. The molecule has 0 aliphatic carbocycles. The third-order valence-corrected chi connectivity index (χ3v) is 3.66. The maximum atomic E-state index is 6.29. The van der Waals surface area contributed by atoms with E-state index in [0.717, 1.165) is 36.2 Å². The lowest BCUT2D eigenvalue weighted by Gasteiger charge is -2.23. The maximum Gasteiger partial charge on any atom is 0.137 e. The van der Waals surface area contributed by atoms with E-state index in [1.54, 1.807) is 7.11 Å². The van der Waals surface area contributed by atoms with E-state index >= 15 is 0 Å². The summed E-state index contributed by atoms with van der Waals surface area (Å²) in [7, 11) is 1.66. The normalized spacial score (nSPS) is 17.4. The number of halogens is 1. The van der Waals surface area contributed by atoms with Crippen molar-refractivity contribution in [3.8, 4) is 5.75 Å². The van der Waals surface area contributed by atoms with Crippen LogP contribution in [0.15, 0.2) is 18.2 Å². The fraction of sp³-hybridized carbons (Fsp3) is 0.538. The van der Waals surface area contributed by atoms with Gasteiger partial charge in [-0.2, -0.15) is 0 Å². The summed E-state index contributed by atoms with van der Waals surface area (Å²) in [6, 6.07) is 6.03. The second-order valence-electron chi connectivity index (χ2n) is 4.33. The Morgan fingerprint density at radius 3 is 2.81 bits per heavy atom. The van der Waals surface area contributed by atoms with Crippen molar-refractivity contribution in [3.05, 3.63) is 28.8 Å². The van der Waals surface area contributed by atoms with E-state index in [2.05, 4.69) is 11.4 Å². The Balaban J connectivity index is 2.08. The Labute approximate surface area is 102 Å². The molecule has 0 radical (unpaired) electrons. The van der Waals surface area contributed by atoms with Crippen molar-refractivity contribution in [1.29, 1.82) is 0 Å². The molecule has 0 atom stereocenters. The number of hydrogen-bond acceptors (Lipinski definition) is 2. The number of piperidine rings is 1. The van der Waals surface area contributed by atoms with E-state index in [1.165, 1.54) is 18.4 Å². The topological polar surface area (TPSA) is 21.3 Å². The van der Waals surface area contributed by atoms with Crippen LogP contribution >= 0.6 is 11.6 Å². The van der Waals surface area contributed by atoms with E-state index < -0.39 is 0 Å². The van der Waals surface area contributed by atoms with Crippen LogP contribution in [-0.2, 0) is 6.42 Å². The minimum Gasteiger partial charge on any atom is -0.495 e. The molecule has 1 saturated heterocycles. The van der Waals surface area contributed by atoms with Crippen LogP contribution in [-0.4, -0.2) is 20.2 Å². The SMILES string of the molecule is COc1cccc(CC2CCNCC2)c1Cl. The summed E-state index contributed by atoms with van der Waals surface area (Å²) >= 11 is 6.29. The van der Waals surface area contributed by atoms with E-state index in [9.17, 15) is 0 Å². The molecule has 1 aliphatic rings. The Hall–Kier alpha value is -0.730. The van der Waals surface area contributed by atoms with Crippen molar-refractivity contribution >= 4 is 11.6 Å². The minimum absolute atomic E-state index is 0.755. The van der Waals surface area contributed by atoms with Gasteiger partial charge in [-0.15, -0.1) is 0 Å². The first-order chi connectivity index (χ1) is 7.81. The van der Waals surface area contributed by atoms with Crippen molar-refractivity contribution < 1.29 is 4.74 Å². The summed E-state index contributed by atoms with van der Waals surface area (Å²) in [5, 5.41) is 4.16. The van der Waals surface area contributed by atoms with E-state index in [0.29, 0.717) is 0 Å². The number of hydrogen-bond donors (Lipinski definition) is 1. The average molecular weight is 240 g/mol. The van der Waals surface area contributed by atoms with Crippen LogP contribution in [0.5, 0.6) is 5.75 Å². The summed E-state index contributed by atoms with van der Waals surface area (Å²) in [6.45, 7) is 2.26. The number of benzene rings is 1. The standard InChI is InChI=1S/C13H18ClNO/c1-16-12-4-2-3-11(13(12)14)9-10-5-7-15-8-6-10/h2-4,10,15H,5-9H2,1H3. The molecule has 0 saturated carbocycles. The molecular formula is C13H18ClNO. The van der Waals surface area contributed by atoms with Crippen LogP contribution in [0.2, 0.25) is 5.02 Å². The average Bonchev–Trinajstić information content (AvgIpc) is 2.33. The predicted molar refractivity (Wildman–Crippen MR) is 67.3 cm³/mol. The van der Waals surface area contributed by atoms with E-state index in [4.69, 9.17) is 16.3 Å². The lowest BCUT2D eigenvalue weighted by atomic mass is 9.91. The van der Waals surface area contributed by atoms with Gasteiger partial charge in [-0.1, -0.05) is 23.7 Å². The second kappa shape index (κ2) is 5.55. The molecule has 0 spiro atoms. The van der Waals surface area contributed by atoms with Gasteiger partial charge in [0.25, 0.3) is 0 Å². The van der Waals surface area contributed by atoms with Gasteiger partial charge in [0, 0.05) is 0 Å². The van der Waals surface area contributed by atoms with Crippen molar-refractivity contribution in [1.82, 2.24) is 5.32 Å². The van der Waals surface area contributed by atoms with Crippen molar-refractivity contribution in [2.75, 3.05) is 20.2 Å². The highest BCUT2D eigenvalue weighted by molar-refractivity contribution is 6.32. The lowest BCUT2D eigenvalue weighted by Crippen LogP contribution is -2.28. The van der Waals surface area contributed by atoms with E-state index in [1.807, 2.05) is 12.1 Å². The Kier molecular flexibility index (Phi) is 4.08. The highest BCUT2D eigenvalue weighted by Gasteiger charge is 2.16. The largest absolute Gasteiger partial charge is 0.495 e. The maximum absolute atomic E-state index is 6.29. The molecule has 3 heteroatoms. The molecule has 0 unspecified atom stereocenters. The van der Waals surface area contributed by atoms with Gasteiger partial charge < -0.3 is 10.1 Å². The third-order valence-electron chi connectivity index (χ3n) is 3.23. The van der Waals surface area contributed by atoms with Crippen LogP contribution < -0.4 is 10.1 Å². The zero-order chi connectivity index (χ0) is 11.4. The smallest absolute Gasteiger partial charge is 0.137 e. The van der Waals surface area contributed by atoms with Gasteiger partial charge >= 0.3 is 0 Å². The molecule has 1 aromatic rings. The molecule has 0 amide bonds. The van der Waals surface area contributed by atoms with Gasteiger partial charge in [0.15, 0.2) is 0 Å². The van der Waals surface area contributed by atoms with Gasteiger partial charge in [0.05, 0.1) is 12.1 Å². The summed E-state index contributed by atoms with van der Waals surface area (Å²) in [6.07, 6.45) is 3.55. The summed E-state index contributed by atoms with van der Waals surface area (Å²) in [5.41, 5.74) is 1.22. The van der Waals surface area contributed by atoms with Crippen LogP contribution in [0.1, 0.15) is 18.4 Å². The zero-order valence-corrected chi connectivity index (χ0v) is 10.4.